The molecular weight excluding hydrogens is 256 g/mol. The van der Waals surface area contributed by atoms with E-state index in [1.807, 2.05) is 30.3 Å². The number of hydrogen-bond acceptors (Lipinski definition) is 4. The molecule has 0 heterocycles. The maximum absolute atomic E-state index is 11.7. The van der Waals surface area contributed by atoms with Crippen LogP contribution in [0, 0.1) is 0 Å². The quantitative estimate of drug-likeness (QED) is 0.664. The summed E-state index contributed by atoms with van der Waals surface area (Å²) in [6.45, 7) is 0. The first kappa shape index (κ1) is 13.7. The molecule has 2 aromatic rings. The van der Waals surface area contributed by atoms with Gasteiger partial charge in [0, 0.05) is 6.07 Å². The lowest BCUT2D eigenvalue weighted by atomic mass is 10.0. The van der Waals surface area contributed by atoms with E-state index in [4.69, 9.17) is 0 Å². The van der Waals surface area contributed by atoms with E-state index in [1.54, 1.807) is 12.2 Å². The highest BCUT2D eigenvalue weighted by Gasteiger charge is 2.16. The number of carbonyl (C=O) groups excluding carboxylic acids is 1. The second-order valence-electron chi connectivity index (χ2n) is 4.16. The van der Waals surface area contributed by atoms with E-state index >= 15 is 0 Å². The Bertz CT molecular complexity index is 645. The first-order valence-corrected chi connectivity index (χ1v) is 5.99. The van der Waals surface area contributed by atoms with Crippen LogP contribution in [0.1, 0.15) is 21.5 Å². The van der Waals surface area contributed by atoms with Crippen LogP contribution in [0.5, 0.6) is 11.5 Å². The van der Waals surface area contributed by atoms with Crippen molar-refractivity contribution in [2.45, 2.75) is 0 Å². The van der Waals surface area contributed by atoms with Gasteiger partial charge < -0.3 is 14.9 Å². The monoisotopic (exact) mass is 270 g/mol. The van der Waals surface area contributed by atoms with Crippen molar-refractivity contribution in [2.75, 3.05) is 7.11 Å². The number of aromatic hydroxyl groups is 2. The largest absolute Gasteiger partial charge is 0.508 e. The Morgan fingerprint density at radius 1 is 1.10 bits per heavy atom. The van der Waals surface area contributed by atoms with Crippen LogP contribution in [0.15, 0.2) is 42.5 Å². The SMILES string of the molecule is COC(=O)c1c(O)cc(O)cc1C=Cc1ccccc1. The molecule has 0 fully saturated rings. The van der Waals surface area contributed by atoms with Gasteiger partial charge in [0.1, 0.15) is 17.1 Å². The third-order valence-corrected chi connectivity index (χ3v) is 2.78. The van der Waals surface area contributed by atoms with Crippen molar-refractivity contribution in [2.24, 2.45) is 0 Å². The zero-order valence-electron chi connectivity index (χ0n) is 10.9. The second kappa shape index (κ2) is 5.93. The molecule has 0 spiro atoms. The van der Waals surface area contributed by atoms with Crippen LogP contribution < -0.4 is 0 Å². The average Bonchev–Trinajstić information content (AvgIpc) is 2.45. The summed E-state index contributed by atoms with van der Waals surface area (Å²) in [6, 6.07) is 12.0. The van der Waals surface area contributed by atoms with Gasteiger partial charge in [0.05, 0.1) is 7.11 Å². The zero-order valence-corrected chi connectivity index (χ0v) is 10.9. The Hall–Kier alpha value is -2.75. The summed E-state index contributed by atoms with van der Waals surface area (Å²) in [5.41, 5.74) is 1.35. The molecule has 20 heavy (non-hydrogen) atoms. The minimum atomic E-state index is -0.657. The number of hydrogen-bond donors (Lipinski definition) is 2. The lowest BCUT2D eigenvalue weighted by Gasteiger charge is -2.07. The summed E-state index contributed by atoms with van der Waals surface area (Å²) in [5.74, 6) is -1.09. The van der Waals surface area contributed by atoms with Crippen molar-refractivity contribution >= 4 is 18.1 Å². The highest BCUT2D eigenvalue weighted by atomic mass is 16.5. The van der Waals surface area contributed by atoms with Crippen molar-refractivity contribution in [3.63, 3.8) is 0 Å². The maximum Gasteiger partial charge on any atom is 0.342 e. The number of rotatable bonds is 3. The van der Waals surface area contributed by atoms with Crippen molar-refractivity contribution in [1.82, 2.24) is 0 Å². The summed E-state index contributed by atoms with van der Waals surface area (Å²) < 4.78 is 4.64. The van der Waals surface area contributed by atoms with E-state index in [1.165, 1.54) is 13.2 Å². The Morgan fingerprint density at radius 3 is 2.45 bits per heavy atom. The molecule has 4 nitrogen and oxygen atoms in total. The highest BCUT2D eigenvalue weighted by Crippen LogP contribution is 2.29. The van der Waals surface area contributed by atoms with Gasteiger partial charge in [-0.2, -0.15) is 0 Å². The van der Waals surface area contributed by atoms with Crippen LogP contribution in [0.3, 0.4) is 0 Å². The van der Waals surface area contributed by atoms with Gasteiger partial charge in [-0.25, -0.2) is 4.79 Å². The second-order valence-corrected chi connectivity index (χ2v) is 4.16. The van der Waals surface area contributed by atoms with Gasteiger partial charge in [-0.3, -0.25) is 0 Å². The van der Waals surface area contributed by atoms with E-state index < -0.39 is 5.97 Å². The predicted octanol–water partition coefficient (Wildman–Crippen LogP) is 3.05. The van der Waals surface area contributed by atoms with Crippen LogP contribution in [0.25, 0.3) is 12.2 Å². The van der Waals surface area contributed by atoms with E-state index in [2.05, 4.69) is 4.74 Å². The summed E-state index contributed by atoms with van der Waals surface area (Å²) in [5, 5.41) is 19.3. The number of phenolic OH excluding ortho intramolecular Hbond substituents is 2. The normalized spacial score (nSPS) is 10.7. The molecule has 0 saturated heterocycles. The Morgan fingerprint density at radius 2 is 1.80 bits per heavy atom. The summed E-state index contributed by atoms with van der Waals surface area (Å²) in [7, 11) is 1.24. The summed E-state index contributed by atoms with van der Waals surface area (Å²) in [4.78, 5) is 11.7. The smallest absolute Gasteiger partial charge is 0.342 e. The third kappa shape index (κ3) is 2.98. The van der Waals surface area contributed by atoms with E-state index in [-0.39, 0.29) is 17.1 Å². The van der Waals surface area contributed by atoms with Crippen LogP contribution >= 0.6 is 0 Å². The van der Waals surface area contributed by atoms with E-state index in [0.29, 0.717) is 5.56 Å². The van der Waals surface area contributed by atoms with Gasteiger partial charge in [-0.1, -0.05) is 42.5 Å². The molecule has 2 N–H and O–H groups in total. The molecule has 2 rings (SSSR count). The van der Waals surface area contributed by atoms with Gasteiger partial charge >= 0.3 is 5.97 Å². The molecule has 0 aliphatic rings. The van der Waals surface area contributed by atoms with E-state index in [0.717, 1.165) is 11.6 Å². The molecule has 2 aromatic carbocycles. The molecule has 0 radical (unpaired) electrons. The molecule has 0 aliphatic heterocycles. The lowest BCUT2D eigenvalue weighted by Crippen LogP contribution is -2.04. The third-order valence-electron chi connectivity index (χ3n) is 2.78. The highest BCUT2D eigenvalue weighted by molar-refractivity contribution is 5.97. The minimum Gasteiger partial charge on any atom is -0.508 e. The minimum absolute atomic E-state index is 0.0254. The number of carbonyl (C=O) groups is 1. The van der Waals surface area contributed by atoms with E-state index in [9.17, 15) is 15.0 Å². The zero-order chi connectivity index (χ0) is 14.5. The van der Waals surface area contributed by atoms with Gasteiger partial charge in [-0.15, -0.1) is 0 Å². The van der Waals surface area contributed by atoms with Crippen LogP contribution in [-0.4, -0.2) is 23.3 Å². The van der Waals surface area contributed by atoms with Crippen molar-refractivity contribution < 1.29 is 19.7 Å². The topological polar surface area (TPSA) is 66.8 Å². The van der Waals surface area contributed by atoms with Gasteiger partial charge in [0.2, 0.25) is 0 Å². The van der Waals surface area contributed by atoms with Gasteiger partial charge in [0.15, 0.2) is 0 Å². The number of phenols is 2. The summed E-state index contributed by atoms with van der Waals surface area (Å²) in [6.07, 6.45) is 3.42. The molecule has 0 unspecified atom stereocenters. The fourth-order valence-corrected chi connectivity index (χ4v) is 1.84. The Kier molecular flexibility index (Phi) is 4.05. The number of ether oxygens (including phenoxy) is 1. The molecule has 0 aliphatic carbocycles. The van der Waals surface area contributed by atoms with Gasteiger partial charge in [0.25, 0.3) is 0 Å². The fraction of sp³-hybridized carbons (Fsp3) is 0.0625. The lowest BCUT2D eigenvalue weighted by molar-refractivity contribution is 0.0597. The first-order chi connectivity index (χ1) is 9.61. The predicted molar refractivity (Wildman–Crippen MR) is 76.5 cm³/mol. The molecule has 102 valence electrons. The van der Waals surface area contributed by atoms with Crippen LogP contribution in [0.2, 0.25) is 0 Å². The molecular formula is C16H14O4. The van der Waals surface area contributed by atoms with Crippen LogP contribution in [-0.2, 0) is 4.74 Å². The van der Waals surface area contributed by atoms with Gasteiger partial charge in [-0.05, 0) is 17.2 Å². The fourth-order valence-electron chi connectivity index (χ4n) is 1.84. The number of methoxy groups -OCH3 is 1. The standard InChI is InChI=1S/C16H14O4/c1-20-16(19)15-12(9-13(17)10-14(15)18)8-7-11-5-3-2-4-6-11/h2-10,17-18H,1H3. The first-order valence-electron chi connectivity index (χ1n) is 5.99. The Labute approximate surface area is 116 Å². The number of benzene rings is 2. The molecule has 0 bridgehead atoms. The number of esters is 1. The maximum atomic E-state index is 11.7. The summed E-state index contributed by atoms with van der Waals surface area (Å²) >= 11 is 0. The van der Waals surface area contributed by atoms with Crippen molar-refractivity contribution in [1.29, 1.82) is 0 Å². The molecule has 0 saturated carbocycles. The molecule has 0 aromatic heterocycles. The van der Waals surface area contributed by atoms with Crippen molar-refractivity contribution in [3.05, 3.63) is 59.2 Å². The Balaban J connectivity index is 2.45. The molecule has 0 amide bonds. The van der Waals surface area contributed by atoms with Crippen LogP contribution in [0.4, 0.5) is 0 Å². The molecule has 0 atom stereocenters. The average molecular weight is 270 g/mol. The van der Waals surface area contributed by atoms with Crippen molar-refractivity contribution in [3.8, 4) is 11.5 Å². The molecule has 4 heteroatoms.